The van der Waals surface area contributed by atoms with Gasteiger partial charge in [-0.25, -0.2) is 0 Å². The summed E-state index contributed by atoms with van der Waals surface area (Å²) in [6.07, 6.45) is 3.00. The van der Waals surface area contributed by atoms with Crippen LogP contribution in [-0.4, -0.2) is 29.9 Å². The number of aryl methyl sites for hydroxylation is 2. The third-order valence-corrected chi connectivity index (χ3v) is 4.26. The Kier molecular flexibility index (Phi) is 4.59. The maximum Gasteiger partial charge on any atom is 0.227 e. The molecule has 0 radical (unpaired) electrons. The molecule has 1 aromatic heterocycles. The largest absolute Gasteiger partial charge is 0.464 e. The quantitative estimate of drug-likeness (QED) is 0.927. The molecule has 114 valence electrons. The minimum absolute atomic E-state index is 0. The van der Waals surface area contributed by atoms with Crippen molar-refractivity contribution in [3.8, 4) is 0 Å². The summed E-state index contributed by atoms with van der Waals surface area (Å²) in [6.45, 7) is 5.56. The molecule has 1 aromatic carbocycles. The van der Waals surface area contributed by atoms with Crippen molar-refractivity contribution in [2.24, 2.45) is 5.73 Å². The number of rotatable bonds is 2. The number of likely N-dealkylation sites (tertiary alicyclic amines) is 1. The van der Waals surface area contributed by atoms with Gasteiger partial charge in [-0.1, -0.05) is 12.1 Å². The second-order valence-electron chi connectivity index (χ2n) is 5.71. The van der Waals surface area contributed by atoms with Gasteiger partial charge in [-0.05, 0) is 31.4 Å². The van der Waals surface area contributed by atoms with Crippen LogP contribution in [0.2, 0.25) is 0 Å². The molecule has 5 heteroatoms. The SMILES string of the molecule is Cc1ccc2c(CC(=O)N3CC[C@@H](N)C3)coc2c1C.Cl. The minimum atomic E-state index is 0. The first-order valence-corrected chi connectivity index (χ1v) is 7.06. The summed E-state index contributed by atoms with van der Waals surface area (Å²) in [5, 5.41) is 1.05. The van der Waals surface area contributed by atoms with Crippen LogP contribution in [0.25, 0.3) is 11.0 Å². The van der Waals surface area contributed by atoms with Crippen molar-refractivity contribution >= 4 is 29.3 Å². The standard InChI is InChI=1S/C16H20N2O2.ClH/c1-10-3-4-14-12(9-20-16(14)11(10)2)7-15(19)18-6-5-13(17)8-18;/h3-4,9,13H,5-8,17H2,1-2H3;1H/t13-;/m1./s1. The molecule has 21 heavy (non-hydrogen) atoms. The molecule has 0 spiro atoms. The number of carbonyl (C=O) groups excluding carboxylic acids is 1. The summed E-state index contributed by atoms with van der Waals surface area (Å²) >= 11 is 0. The van der Waals surface area contributed by atoms with Crippen molar-refractivity contribution in [2.45, 2.75) is 32.7 Å². The van der Waals surface area contributed by atoms with Crippen molar-refractivity contribution in [1.29, 1.82) is 0 Å². The first kappa shape index (κ1) is 15.9. The van der Waals surface area contributed by atoms with Crippen LogP contribution in [0.5, 0.6) is 0 Å². The molecule has 1 saturated heterocycles. The van der Waals surface area contributed by atoms with Crippen LogP contribution < -0.4 is 5.73 Å². The maximum atomic E-state index is 12.3. The van der Waals surface area contributed by atoms with E-state index in [0.717, 1.165) is 35.1 Å². The number of fused-ring (bicyclic) bond motifs is 1. The third kappa shape index (κ3) is 2.92. The van der Waals surface area contributed by atoms with Crippen LogP contribution in [0.15, 0.2) is 22.8 Å². The van der Waals surface area contributed by atoms with Crippen molar-refractivity contribution in [3.05, 3.63) is 35.1 Å². The van der Waals surface area contributed by atoms with Crippen molar-refractivity contribution in [2.75, 3.05) is 13.1 Å². The van der Waals surface area contributed by atoms with Gasteiger partial charge in [-0.15, -0.1) is 12.4 Å². The Balaban J connectivity index is 0.00000161. The Morgan fingerprint density at radius 2 is 2.19 bits per heavy atom. The topological polar surface area (TPSA) is 59.5 Å². The molecule has 0 bridgehead atoms. The lowest BCUT2D eigenvalue weighted by Gasteiger charge is -2.15. The van der Waals surface area contributed by atoms with Gasteiger partial charge in [0.25, 0.3) is 0 Å². The van der Waals surface area contributed by atoms with Gasteiger partial charge in [0.05, 0.1) is 12.7 Å². The lowest BCUT2D eigenvalue weighted by atomic mass is 10.0. The Hall–Kier alpha value is -1.52. The van der Waals surface area contributed by atoms with Gasteiger partial charge in [0, 0.05) is 30.1 Å². The smallest absolute Gasteiger partial charge is 0.227 e. The van der Waals surface area contributed by atoms with Crippen molar-refractivity contribution in [3.63, 3.8) is 0 Å². The summed E-state index contributed by atoms with van der Waals surface area (Å²) in [4.78, 5) is 14.1. The predicted octanol–water partition coefficient (Wildman–Crippen LogP) is 2.57. The van der Waals surface area contributed by atoms with E-state index in [0.29, 0.717) is 13.0 Å². The van der Waals surface area contributed by atoms with Gasteiger partial charge in [-0.3, -0.25) is 4.79 Å². The lowest BCUT2D eigenvalue weighted by molar-refractivity contribution is -0.129. The second kappa shape index (κ2) is 6.08. The monoisotopic (exact) mass is 308 g/mol. The number of carbonyl (C=O) groups is 1. The number of hydrogen-bond donors (Lipinski definition) is 1. The van der Waals surface area contributed by atoms with E-state index in [-0.39, 0.29) is 24.4 Å². The van der Waals surface area contributed by atoms with Gasteiger partial charge in [0.1, 0.15) is 5.58 Å². The Morgan fingerprint density at radius 1 is 1.43 bits per heavy atom. The molecule has 2 N–H and O–H groups in total. The van der Waals surface area contributed by atoms with Crippen LogP contribution in [0, 0.1) is 13.8 Å². The van der Waals surface area contributed by atoms with Gasteiger partial charge in [0.15, 0.2) is 0 Å². The van der Waals surface area contributed by atoms with E-state index in [4.69, 9.17) is 10.2 Å². The highest BCUT2D eigenvalue weighted by molar-refractivity contribution is 5.89. The molecule has 0 saturated carbocycles. The molecule has 4 nitrogen and oxygen atoms in total. The predicted molar refractivity (Wildman–Crippen MR) is 85.8 cm³/mol. The van der Waals surface area contributed by atoms with E-state index >= 15 is 0 Å². The second-order valence-corrected chi connectivity index (χ2v) is 5.71. The normalized spacial score (nSPS) is 18.0. The molecular formula is C16H21ClN2O2. The zero-order valence-electron chi connectivity index (χ0n) is 12.4. The molecule has 3 rings (SSSR count). The number of nitrogens with two attached hydrogens (primary N) is 1. The molecule has 1 aliphatic rings. The molecular weight excluding hydrogens is 288 g/mol. The Morgan fingerprint density at radius 3 is 2.86 bits per heavy atom. The molecule has 0 aliphatic carbocycles. The fourth-order valence-electron chi connectivity index (χ4n) is 2.81. The van der Waals surface area contributed by atoms with E-state index < -0.39 is 0 Å². The van der Waals surface area contributed by atoms with Crippen LogP contribution in [0.4, 0.5) is 0 Å². The third-order valence-electron chi connectivity index (χ3n) is 4.26. The van der Waals surface area contributed by atoms with E-state index in [1.165, 1.54) is 5.56 Å². The van der Waals surface area contributed by atoms with E-state index in [9.17, 15) is 4.79 Å². The van der Waals surface area contributed by atoms with Crippen LogP contribution in [0.3, 0.4) is 0 Å². The first-order chi connectivity index (χ1) is 9.56. The fourth-order valence-corrected chi connectivity index (χ4v) is 2.81. The average Bonchev–Trinajstić information content (AvgIpc) is 3.01. The highest BCUT2D eigenvalue weighted by Gasteiger charge is 2.24. The van der Waals surface area contributed by atoms with E-state index in [1.54, 1.807) is 6.26 Å². The minimum Gasteiger partial charge on any atom is -0.464 e. The number of nitrogens with zero attached hydrogens (tertiary/aromatic N) is 1. The van der Waals surface area contributed by atoms with Crippen LogP contribution in [0.1, 0.15) is 23.1 Å². The summed E-state index contributed by atoms with van der Waals surface area (Å²) in [6, 6.07) is 4.25. The summed E-state index contributed by atoms with van der Waals surface area (Å²) in [5.41, 5.74) is 10.1. The first-order valence-electron chi connectivity index (χ1n) is 7.06. The van der Waals surface area contributed by atoms with E-state index in [1.807, 2.05) is 17.9 Å². The van der Waals surface area contributed by atoms with Crippen molar-refractivity contribution < 1.29 is 9.21 Å². The zero-order valence-corrected chi connectivity index (χ0v) is 13.2. The highest BCUT2D eigenvalue weighted by atomic mass is 35.5. The highest BCUT2D eigenvalue weighted by Crippen LogP contribution is 2.27. The van der Waals surface area contributed by atoms with Gasteiger partial charge < -0.3 is 15.1 Å². The number of furan rings is 1. The summed E-state index contributed by atoms with van der Waals surface area (Å²) < 4.78 is 5.65. The molecule has 1 amide bonds. The molecule has 0 unspecified atom stereocenters. The fraction of sp³-hybridized carbons (Fsp3) is 0.438. The molecule has 1 atom stereocenters. The maximum absolute atomic E-state index is 12.3. The van der Waals surface area contributed by atoms with Gasteiger partial charge in [-0.2, -0.15) is 0 Å². The lowest BCUT2D eigenvalue weighted by Crippen LogP contribution is -2.32. The summed E-state index contributed by atoms with van der Waals surface area (Å²) in [5.74, 6) is 0.138. The molecule has 1 aliphatic heterocycles. The molecule has 2 aromatic rings. The van der Waals surface area contributed by atoms with Gasteiger partial charge in [0.2, 0.25) is 5.91 Å². The van der Waals surface area contributed by atoms with E-state index in [2.05, 4.69) is 13.0 Å². The number of halogens is 1. The Bertz CT molecular complexity index is 666. The zero-order chi connectivity index (χ0) is 14.3. The Labute approximate surface area is 130 Å². The average molecular weight is 309 g/mol. The molecule has 2 heterocycles. The number of hydrogen-bond acceptors (Lipinski definition) is 3. The number of benzene rings is 1. The van der Waals surface area contributed by atoms with Crippen LogP contribution >= 0.6 is 12.4 Å². The number of amides is 1. The summed E-state index contributed by atoms with van der Waals surface area (Å²) in [7, 11) is 0. The van der Waals surface area contributed by atoms with Crippen molar-refractivity contribution in [1.82, 2.24) is 4.90 Å². The van der Waals surface area contributed by atoms with Gasteiger partial charge >= 0.3 is 0 Å². The van der Waals surface area contributed by atoms with Crippen LogP contribution in [-0.2, 0) is 11.2 Å². The molecule has 1 fully saturated rings.